The van der Waals surface area contributed by atoms with Crippen LogP contribution in [0.2, 0.25) is 0 Å². The fraction of sp³-hybridized carbons (Fsp3) is 0.579. The number of hydrogen-bond acceptors (Lipinski definition) is 8. The van der Waals surface area contributed by atoms with Crippen molar-refractivity contribution in [2.45, 2.75) is 52.3 Å². The van der Waals surface area contributed by atoms with E-state index in [0.29, 0.717) is 23.8 Å². The average molecular weight is 407 g/mol. The Morgan fingerprint density at radius 3 is 3.00 bits per heavy atom. The summed E-state index contributed by atoms with van der Waals surface area (Å²) in [6.45, 7) is 12.9. The van der Waals surface area contributed by atoms with Crippen LogP contribution in [-0.2, 0) is 4.79 Å². The largest absolute Gasteiger partial charge is 0.473 e. The van der Waals surface area contributed by atoms with Crippen molar-refractivity contribution < 1.29 is 9.53 Å². The highest BCUT2D eigenvalue weighted by Crippen LogP contribution is 2.26. The van der Waals surface area contributed by atoms with Gasteiger partial charge in [0.05, 0.1) is 5.88 Å². The van der Waals surface area contributed by atoms with E-state index in [2.05, 4.69) is 58.0 Å². The molecule has 1 aromatic heterocycles. The molecule has 0 spiro atoms. The SMILES string of the molecule is C=N/C=C(/CN1CC(Oc2cc(NC(C)C)ncn2)CC1C)SCNC(C)=O. The third-order valence-corrected chi connectivity index (χ3v) is 5.10. The lowest BCUT2D eigenvalue weighted by Gasteiger charge is -2.22. The summed E-state index contributed by atoms with van der Waals surface area (Å²) in [4.78, 5) is 26.8. The van der Waals surface area contributed by atoms with Crippen LogP contribution in [0.1, 0.15) is 34.1 Å². The van der Waals surface area contributed by atoms with E-state index < -0.39 is 0 Å². The summed E-state index contributed by atoms with van der Waals surface area (Å²) in [5, 5.41) is 6.05. The predicted octanol–water partition coefficient (Wildman–Crippen LogP) is 2.51. The molecule has 154 valence electrons. The van der Waals surface area contributed by atoms with Gasteiger partial charge >= 0.3 is 0 Å². The van der Waals surface area contributed by atoms with Gasteiger partial charge in [0, 0.05) is 55.7 Å². The quantitative estimate of drug-likeness (QED) is 0.456. The Morgan fingerprint density at radius 2 is 2.32 bits per heavy atom. The maximum Gasteiger partial charge on any atom is 0.218 e. The fourth-order valence-electron chi connectivity index (χ4n) is 2.96. The zero-order valence-electron chi connectivity index (χ0n) is 17.0. The van der Waals surface area contributed by atoms with E-state index >= 15 is 0 Å². The van der Waals surface area contributed by atoms with Crippen molar-refractivity contribution in [1.29, 1.82) is 0 Å². The van der Waals surface area contributed by atoms with Gasteiger partial charge in [-0.25, -0.2) is 9.97 Å². The third kappa shape index (κ3) is 7.47. The number of carbonyl (C=O) groups is 1. The standard InChI is InChI=1S/C19H30N6O2S/c1-13(2)24-18-7-19(22-11-21-18)27-16-6-14(3)25(9-16)10-17(8-20-5)28-12-23-15(4)26/h7-8,11,13-14,16H,5-6,9-10,12H2,1-4H3,(H,23,26)(H,21,22,24)/b17-8-. The van der Waals surface area contributed by atoms with E-state index in [-0.39, 0.29) is 12.0 Å². The Labute approximate surface area is 171 Å². The lowest BCUT2D eigenvalue weighted by atomic mass is 10.2. The zero-order valence-corrected chi connectivity index (χ0v) is 17.8. The molecule has 2 atom stereocenters. The van der Waals surface area contributed by atoms with Crippen molar-refractivity contribution in [3.63, 3.8) is 0 Å². The minimum Gasteiger partial charge on any atom is -0.473 e. The summed E-state index contributed by atoms with van der Waals surface area (Å²) >= 11 is 1.56. The van der Waals surface area contributed by atoms with Gasteiger partial charge < -0.3 is 15.4 Å². The number of carbonyl (C=O) groups excluding carboxylic acids is 1. The van der Waals surface area contributed by atoms with Crippen molar-refractivity contribution in [3.05, 3.63) is 23.5 Å². The average Bonchev–Trinajstić information content (AvgIpc) is 2.93. The van der Waals surface area contributed by atoms with Gasteiger partial charge in [-0.15, -0.1) is 11.8 Å². The van der Waals surface area contributed by atoms with Crippen molar-refractivity contribution in [2.24, 2.45) is 4.99 Å². The van der Waals surface area contributed by atoms with Crippen LogP contribution in [0, 0.1) is 0 Å². The van der Waals surface area contributed by atoms with E-state index in [1.165, 1.54) is 13.3 Å². The Bertz CT molecular complexity index is 697. The Balaban J connectivity index is 1.91. The normalized spacial score (nSPS) is 20.2. The number of thioether (sulfide) groups is 1. The summed E-state index contributed by atoms with van der Waals surface area (Å²) in [6.07, 6.45) is 4.25. The summed E-state index contributed by atoms with van der Waals surface area (Å²) in [5.74, 6) is 1.82. The van der Waals surface area contributed by atoms with Crippen molar-refractivity contribution in [2.75, 3.05) is 24.3 Å². The lowest BCUT2D eigenvalue weighted by molar-refractivity contribution is -0.118. The van der Waals surface area contributed by atoms with Gasteiger partial charge in [0.2, 0.25) is 11.8 Å². The zero-order chi connectivity index (χ0) is 20.5. The van der Waals surface area contributed by atoms with E-state index in [9.17, 15) is 4.79 Å². The van der Waals surface area contributed by atoms with E-state index in [1.807, 2.05) is 6.07 Å². The Morgan fingerprint density at radius 1 is 1.54 bits per heavy atom. The first kappa shape index (κ1) is 22.2. The summed E-state index contributed by atoms with van der Waals surface area (Å²) in [5.41, 5.74) is 0. The molecule has 8 nitrogen and oxygen atoms in total. The number of rotatable bonds is 10. The molecule has 1 amide bonds. The minimum atomic E-state index is -0.0439. The van der Waals surface area contributed by atoms with Crippen molar-refractivity contribution in [3.8, 4) is 5.88 Å². The molecule has 1 fully saturated rings. The number of likely N-dealkylation sites (tertiary alicyclic amines) is 1. The molecule has 0 saturated carbocycles. The number of aromatic nitrogens is 2. The summed E-state index contributed by atoms with van der Waals surface area (Å²) in [7, 11) is 0. The first-order chi connectivity index (χ1) is 13.4. The Hall–Kier alpha value is -2.13. The van der Waals surface area contributed by atoms with Crippen LogP contribution in [0.25, 0.3) is 0 Å². The molecule has 9 heteroatoms. The molecular formula is C19H30N6O2S. The number of nitrogens with one attached hydrogen (secondary N) is 2. The number of aliphatic imine (C=N–C) groups is 1. The molecule has 0 radical (unpaired) electrons. The van der Waals surface area contributed by atoms with Gasteiger partial charge in [0.25, 0.3) is 0 Å². The van der Waals surface area contributed by atoms with Crippen LogP contribution in [-0.4, -0.2) is 64.6 Å². The number of hydrogen-bond donors (Lipinski definition) is 2. The van der Waals surface area contributed by atoms with Crippen LogP contribution >= 0.6 is 11.8 Å². The van der Waals surface area contributed by atoms with E-state index in [1.54, 1.807) is 18.0 Å². The fourth-order valence-corrected chi connectivity index (χ4v) is 3.82. The Kier molecular flexibility index (Phi) is 8.72. The van der Waals surface area contributed by atoms with Gasteiger partial charge in [-0.3, -0.25) is 14.7 Å². The van der Waals surface area contributed by atoms with Crippen LogP contribution < -0.4 is 15.4 Å². The van der Waals surface area contributed by atoms with Crippen LogP contribution in [0.5, 0.6) is 5.88 Å². The number of anilines is 1. The second-order valence-electron chi connectivity index (χ2n) is 7.09. The molecule has 0 aromatic carbocycles. The first-order valence-electron chi connectivity index (χ1n) is 9.38. The maximum atomic E-state index is 11.1. The molecule has 2 heterocycles. The molecule has 2 N–H and O–H groups in total. The first-order valence-corrected chi connectivity index (χ1v) is 10.4. The predicted molar refractivity (Wildman–Crippen MR) is 115 cm³/mol. The number of ether oxygens (including phenoxy) is 1. The van der Waals surface area contributed by atoms with Gasteiger partial charge in [-0.1, -0.05) is 0 Å². The topological polar surface area (TPSA) is 91.7 Å². The molecule has 2 rings (SSSR count). The number of amides is 1. The highest BCUT2D eigenvalue weighted by molar-refractivity contribution is 8.03. The highest BCUT2D eigenvalue weighted by Gasteiger charge is 2.31. The van der Waals surface area contributed by atoms with Gasteiger partial charge in [0.1, 0.15) is 18.2 Å². The smallest absolute Gasteiger partial charge is 0.218 e. The molecule has 1 saturated heterocycles. The summed E-state index contributed by atoms with van der Waals surface area (Å²) < 4.78 is 6.10. The van der Waals surface area contributed by atoms with Crippen LogP contribution in [0.15, 0.2) is 28.5 Å². The second-order valence-corrected chi connectivity index (χ2v) is 8.20. The molecule has 1 aliphatic heterocycles. The molecule has 0 aliphatic carbocycles. The molecule has 1 aromatic rings. The molecule has 1 aliphatic rings. The lowest BCUT2D eigenvalue weighted by Crippen LogP contribution is -2.30. The van der Waals surface area contributed by atoms with Crippen molar-refractivity contribution in [1.82, 2.24) is 20.2 Å². The molecule has 28 heavy (non-hydrogen) atoms. The van der Waals surface area contributed by atoms with Crippen LogP contribution in [0.4, 0.5) is 5.82 Å². The molecule has 2 unspecified atom stereocenters. The van der Waals surface area contributed by atoms with E-state index in [4.69, 9.17) is 4.74 Å². The van der Waals surface area contributed by atoms with Crippen LogP contribution in [0.3, 0.4) is 0 Å². The summed E-state index contributed by atoms with van der Waals surface area (Å²) in [6, 6.07) is 2.50. The number of nitrogens with zero attached hydrogens (tertiary/aromatic N) is 4. The maximum absolute atomic E-state index is 11.1. The molecular weight excluding hydrogens is 376 g/mol. The van der Waals surface area contributed by atoms with Gasteiger partial charge in [0.15, 0.2) is 0 Å². The monoisotopic (exact) mass is 406 g/mol. The minimum absolute atomic E-state index is 0.0439. The highest BCUT2D eigenvalue weighted by atomic mass is 32.2. The second kappa shape index (κ2) is 11.0. The van der Waals surface area contributed by atoms with Gasteiger partial charge in [-0.05, 0) is 27.5 Å². The third-order valence-electron chi connectivity index (χ3n) is 4.20. The van der Waals surface area contributed by atoms with Crippen molar-refractivity contribution >= 4 is 30.2 Å². The molecule has 0 bridgehead atoms. The van der Waals surface area contributed by atoms with Gasteiger partial charge in [-0.2, -0.15) is 0 Å². The van der Waals surface area contributed by atoms with E-state index in [0.717, 1.165) is 30.2 Å².